The van der Waals surface area contributed by atoms with Crippen LogP contribution >= 0.6 is 0 Å². The predicted octanol–water partition coefficient (Wildman–Crippen LogP) is -1.28. The summed E-state index contributed by atoms with van der Waals surface area (Å²) < 4.78 is 0. The topological polar surface area (TPSA) is 143 Å². The Hall–Kier alpha value is -1.90. The van der Waals surface area contributed by atoms with Crippen LogP contribution in [0.15, 0.2) is 0 Å². The highest BCUT2D eigenvalue weighted by Gasteiger charge is 2.60. The van der Waals surface area contributed by atoms with E-state index in [4.69, 9.17) is 21.9 Å². The first kappa shape index (κ1) is 10.2. The Morgan fingerprint density at radius 2 is 2.00 bits per heavy atom. The van der Waals surface area contributed by atoms with Crippen molar-refractivity contribution >= 4 is 11.5 Å². The molecule has 4 atom stereocenters. The van der Waals surface area contributed by atoms with E-state index in [-0.39, 0.29) is 0 Å². The molecule has 14 heavy (non-hydrogen) atoms. The van der Waals surface area contributed by atoms with E-state index in [1.54, 1.807) is 0 Å². The van der Waals surface area contributed by atoms with Gasteiger partial charge in [0.1, 0.15) is 21.7 Å². The zero-order valence-electron chi connectivity index (χ0n) is 7.03. The van der Waals surface area contributed by atoms with Crippen LogP contribution in [0.5, 0.6) is 0 Å². The molecule has 0 heterocycles. The number of diazo groups is 2. The number of carbonyl (C=O) groups excluding carboxylic acids is 1. The molecule has 1 rings (SSSR count). The Morgan fingerprint density at radius 1 is 1.43 bits per heavy atom. The van der Waals surface area contributed by atoms with Crippen LogP contribution in [-0.4, -0.2) is 40.8 Å². The van der Waals surface area contributed by atoms with Crippen molar-refractivity contribution in [3.05, 3.63) is 9.95 Å². The third-order valence-corrected chi connectivity index (χ3v) is 2.17. The van der Waals surface area contributed by atoms with Gasteiger partial charge in [0, 0.05) is 0 Å². The lowest BCUT2D eigenvalue weighted by Crippen LogP contribution is -2.60. The van der Waals surface area contributed by atoms with E-state index >= 15 is 0 Å². The number of nitrogens with two attached hydrogens (primary N) is 1. The standard InChI is InChI=1S/C6H8N6O2/c7-1-2(8)5(13)4(12-10)6(14)3(1)11-9/h1,3-4,6,8,14H,7H2/q+2. The van der Waals surface area contributed by atoms with E-state index in [0.29, 0.717) is 0 Å². The van der Waals surface area contributed by atoms with Gasteiger partial charge in [-0.1, -0.05) is 0 Å². The molecule has 0 radical (unpaired) electrons. The minimum atomic E-state index is -1.51. The summed E-state index contributed by atoms with van der Waals surface area (Å²) in [6, 6.07) is -3.90. The van der Waals surface area contributed by atoms with Gasteiger partial charge < -0.3 is 10.8 Å². The number of aliphatic hydroxyl groups excluding tert-OH is 1. The van der Waals surface area contributed by atoms with Crippen molar-refractivity contribution in [3.8, 4) is 0 Å². The second-order valence-corrected chi connectivity index (χ2v) is 2.96. The van der Waals surface area contributed by atoms with Gasteiger partial charge in [0.2, 0.25) is 16.9 Å². The van der Waals surface area contributed by atoms with Gasteiger partial charge in [-0.25, -0.2) is 0 Å². The summed E-state index contributed by atoms with van der Waals surface area (Å²) in [5, 5.41) is 33.5. The normalized spacial score (nSPS) is 37.4. The number of hydrogen-bond acceptors (Lipinski definition) is 6. The molecule has 0 aromatic heterocycles. The maximum absolute atomic E-state index is 11.2. The van der Waals surface area contributed by atoms with Gasteiger partial charge in [0.15, 0.2) is 0 Å². The summed E-state index contributed by atoms with van der Waals surface area (Å²) in [5.41, 5.74) is 4.82. The lowest BCUT2D eigenvalue weighted by Gasteiger charge is -2.18. The maximum Gasteiger partial charge on any atom is 0.410 e. The molecule has 4 N–H and O–H groups in total. The predicted molar refractivity (Wildman–Crippen MR) is 44.5 cm³/mol. The van der Waals surface area contributed by atoms with Crippen LogP contribution in [-0.2, 0) is 4.79 Å². The number of hydrogen-bond donors (Lipinski definition) is 3. The lowest BCUT2D eigenvalue weighted by atomic mass is 9.83. The van der Waals surface area contributed by atoms with E-state index < -0.39 is 35.7 Å². The molecule has 8 nitrogen and oxygen atoms in total. The van der Waals surface area contributed by atoms with Crippen molar-refractivity contribution in [2.24, 2.45) is 5.73 Å². The first-order valence-corrected chi connectivity index (χ1v) is 3.79. The molecule has 0 aliphatic heterocycles. The number of ketones is 1. The van der Waals surface area contributed by atoms with Gasteiger partial charge in [-0.05, 0) is 0 Å². The van der Waals surface area contributed by atoms with E-state index in [0.717, 1.165) is 0 Å². The third-order valence-electron chi connectivity index (χ3n) is 2.17. The molecule has 0 amide bonds. The average molecular weight is 196 g/mol. The smallest absolute Gasteiger partial charge is 0.377 e. The number of rotatable bonds is 0. The minimum Gasteiger partial charge on any atom is -0.377 e. The molecular weight excluding hydrogens is 188 g/mol. The van der Waals surface area contributed by atoms with Crippen LogP contribution < -0.4 is 5.73 Å². The molecule has 0 aromatic rings. The fourth-order valence-electron chi connectivity index (χ4n) is 1.31. The Labute approximate surface area is 78.5 Å². The van der Waals surface area contributed by atoms with Crippen LogP contribution in [0.2, 0.25) is 0 Å². The molecule has 4 unspecified atom stereocenters. The van der Waals surface area contributed by atoms with Crippen LogP contribution in [0, 0.1) is 16.2 Å². The maximum atomic E-state index is 11.2. The van der Waals surface area contributed by atoms with Crippen molar-refractivity contribution in [1.29, 1.82) is 16.2 Å². The number of aliphatic hydroxyl groups is 1. The van der Waals surface area contributed by atoms with Crippen molar-refractivity contribution in [3.63, 3.8) is 0 Å². The number of Topliss-reactive ketones (excluding diaryl/α,β-unsaturated/α-hetero) is 1. The van der Waals surface area contributed by atoms with Crippen molar-refractivity contribution in [2.45, 2.75) is 24.2 Å². The quantitative estimate of drug-likeness (QED) is 0.413. The van der Waals surface area contributed by atoms with Crippen molar-refractivity contribution in [2.75, 3.05) is 0 Å². The molecule has 1 saturated carbocycles. The number of carbonyl (C=O) groups is 1. The summed E-state index contributed by atoms with van der Waals surface area (Å²) in [5.74, 6) is -0.868. The Morgan fingerprint density at radius 3 is 2.43 bits per heavy atom. The summed E-state index contributed by atoms with van der Waals surface area (Å²) in [6.45, 7) is 0. The summed E-state index contributed by atoms with van der Waals surface area (Å²) in [6.07, 6.45) is -1.51. The fourth-order valence-corrected chi connectivity index (χ4v) is 1.31. The summed E-state index contributed by atoms with van der Waals surface area (Å²) in [4.78, 5) is 16.6. The molecule has 0 spiro atoms. The highest BCUT2D eigenvalue weighted by Crippen LogP contribution is 2.19. The lowest BCUT2D eigenvalue weighted by molar-refractivity contribution is -0.116. The van der Waals surface area contributed by atoms with E-state index in [1.165, 1.54) is 0 Å². The second-order valence-electron chi connectivity index (χ2n) is 2.96. The van der Waals surface area contributed by atoms with E-state index in [1.807, 2.05) is 0 Å². The third kappa shape index (κ3) is 1.23. The molecule has 0 saturated heterocycles. The summed E-state index contributed by atoms with van der Waals surface area (Å²) in [7, 11) is 0. The van der Waals surface area contributed by atoms with E-state index in [9.17, 15) is 9.90 Å². The molecule has 1 aliphatic rings. The van der Waals surface area contributed by atoms with Crippen LogP contribution in [0.3, 0.4) is 0 Å². The van der Waals surface area contributed by atoms with Gasteiger partial charge >= 0.3 is 12.1 Å². The Balaban J connectivity index is 3.09. The average Bonchev–Trinajstić information content (AvgIpc) is 2.16. The van der Waals surface area contributed by atoms with E-state index in [2.05, 4.69) is 9.95 Å². The van der Waals surface area contributed by atoms with Gasteiger partial charge in [-0.15, -0.1) is 0 Å². The Kier molecular flexibility index (Phi) is 2.51. The van der Waals surface area contributed by atoms with Gasteiger partial charge in [0.25, 0.3) is 5.78 Å². The largest absolute Gasteiger partial charge is 0.410 e. The van der Waals surface area contributed by atoms with Gasteiger partial charge in [-0.3, -0.25) is 10.2 Å². The number of nitrogens with one attached hydrogen (secondary N) is 1. The first-order valence-electron chi connectivity index (χ1n) is 3.79. The Bertz CT molecular complexity index is 365. The fraction of sp³-hybridized carbons (Fsp3) is 0.667. The highest BCUT2D eigenvalue weighted by molar-refractivity contribution is 6.43. The van der Waals surface area contributed by atoms with Gasteiger partial charge in [-0.2, -0.15) is 0 Å². The second kappa shape index (κ2) is 3.46. The zero-order chi connectivity index (χ0) is 10.9. The molecular formula is C6H8N6O2+2. The van der Waals surface area contributed by atoms with Crippen LogP contribution in [0.4, 0.5) is 0 Å². The first-order chi connectivity index (χ1) is 6.54. The monoisotopic (exact) mass is 196 g/mol. The minimum absolute atomic E-state index is 0.527. The van der Waals surface area contributed by atoms with Crippen molar-refractivity contribution < 1.29 is 9.90 Å². The molecule has 8 heteroatoms. The highest BCUT2D eigenvalue weighted by atomic mass is 16.3. The van der Waals surface area contributed by atoms with Crippen LogP contribution in [0.1, 0.15) is 0 Å². The molecule has 0 aromatic carbocycles. The molecule has 1 fully saturated rings. The number of nitrogens with zero attached hydrogens (tertiary/aromatic N) is 4. The van der Waals surface area contributed by atoms with Crippen molar-refractivity contribution in [1.82, 2.24) is 0 Å². The summed E-state index contributed by atoms with van der Waals surface area (Å²) >= 11 is 0. The molecule has 1 aliphatic carbocycles. The van der Waals surface area contributed by atoms with Crippen LogP contribution in [0.25, 0.3) is 9.95 Å². The van der Waals surface area contributed by atoms with Gasteiger partial charge in [0.05, 0.1) is 0 Å². The molecule has 72 valence electrons. The SMILES string of the molecule is N#[N+]C1C(=O)C(=N)C(N)C([N+]#N)C1O. The molecule has 0 bridgehead atoms. The zero-order valence-corrected chi connectivity index (χ0v) is 7.03.